The van der Waals surface area contributed by atoms with Crippen LogP contribution < -0.4 is 14.2 Å². The molecule has 6 nitrogen and oxygen atoms in total. The topological polar surface area (TPSA) is 66.9 Å². The Balaban J connectivity index is 1.40. The third-order valence-corrected chi connectivity index (χ3v) is 4.61. The van der Waals surface area contributed by atoms with E-state index in [1.54, 1.807) is 67.0 Å². The van der Waals surface area contributed by atoms with Crippen LogP contribution in [0.1, 0.15) is 21.1 Å². The quantitative estimate of drug-likeness (QED) is 0.395. The number of carbonyl (C=O) groups excluding carboxylic acids is 1. The highest BCUT2D eigenvalue weighted by Crippen LogP contribution is 2.18. The molecule has 0 atom stereocenters. The summed E-state index contributed by atoms with van der Waals surface area (Å²) in [6.45, 7) is 2.78. The highest BCUT2D eigenvalue weighted by molar-refractivity contribution is 7.09. The molecule has 0 fully saturated rings. The van der Waals surface area contributed by atoms with Gasteiger partial charge in [-0.25, -0.2) is 9.78 Å². The van der Waals surface area contributed by atoms with Gasteiger partial charge < -0.3 is 18.9 Å². The standard InChI is InChI=1S/C21H21NO5S/c1-15-22-17(14-28-15)13-27-20-5-3-16(4-6-20)21(23)26-12-11-25-19-9-7-18(24-2)8-10-19/h3-10,14H,11-13H2,1-2H3. The van der Waals surface area contributed by atoms with Crippen molar-refractivity contribution in [1.82, 2.24) is 4.98 Å². The van der Waals surface area contributed by atoms with Gasteiger partial charge in [-0.3, -0.25) is 0 Å². The fourth-order valence-electron chi connectivity index (χ4n) is 2.37. The van der Waals surface area contributed by atoms with E-state index < -0.39 is 5.97 Å². The van der Waals surface area contributed by atoms with E-state index >= 15 is 0 Å². The van der Waals surface area contributed by atoms with Crippen molar-refractivity contribution in [2.45, 2.75) is 13.5 Å². The molecule has 146 valence electrons. The SMILES string of the molecule is COc1ccc(OCCOC(=O)c2ccc(OCc3csc(C)n3)cc2)cc1. The highest BCUT2D eigenvalue weighted by Gasteiger charge is 2.08. The molecular weight excluding hydrogens is 378 g/mol. The smallest absolute Gasteiger partial charge is 0.338 e. The van der Waals surface area contributed by atoms with Crippen LogP contribution in [0.2, 0.25) is 0 Å². The molecule has 3 aromatic rings. The average molecular weight is 399 g/mol. The summed E-state index contributed by atoms with van der Waals surface area (Å²) in [5.74, 6) is 1.71. The monoisotopic (exact) mass is 399 g/mol. The third-order valence-electron chi connectivity index (χ3n) is 3.79. The number of aryl methyl sites for hydroxylation is 1. The summed E-state index contributed by atoms with van der Waals surface area (Å²) in [5, 5.41) is 2.97. The lowest BCUT2D eigenvalue weighted by Gasteiger charge is -2.09. The Bertz CT molecular complexity index is 890. The minimum absolute atomic E-state index is 0.159. The maximum atomic E-state index is 12.1. The third kappa shape index (κ3) is 5.72. The second kappa shape index (κ2) is 9.75. The molecule has 0 aliphatic carbocycles. The van der Waals surface area contributed by atoms with Crippen LogP contribution in [0.5, 0.6) is 17.2 Å². The summed E-state index contributed by atoms with van der Waals surface area (Å²) < 4.78 is 21.5. The Morgan fingerprint density at radius 2 is 1.57 bits per heavy atom. The first-order valence-electron chi connectivity index (χ1n) is 8.72. The van der Waals surface area contributed by atoms with Crippen LogP contribution in [0.15, 0.2) is 53.9 Å². The predicted molar refractivity (Wildman–Crippen MR) is 106 cm³/mol. The molecule has 3 rings (SSSR count). The molecule has 0 aliphatic rings. The van der Waals surface area contributed by atoms with Crippen LogP contribution in [0.4, 0.5) is 0 Å². The second-order valence-electron chi connectivity index (χ2n) is 5.83. The molecule has 0 aliphatic heterocycles. The van der Waals surface area contributed by atoms with Crippen molar-refractivity contribution < 1.29 is 23.7 Å². The van der Waals surface area contributed by atoms with Gasteiger partial charge >= 0.3 is 5.97 Å². The highest BCUT2D eigenvalue weighted by atomic mass is 32.1. The molecule has 0 radical (unpaired) electrons. The van der Waals surface area contributed by atoms with Crippen molar-refractivity contribution in [3.05, 3.63) is 70.2 Å². The van der Waals surface area contributed by atoms with Crippen molar-refractivity contribution in [1.29, 1.82) is 0 Å². The van der Waals surface area contributed by atoms with Gasteiger partial charge in [0.25, 0.3) is 0 Å². The van der Waals surface area contributed by atoms with Gasteiger partial charge in [0.2, 0.25) is 0 Å². The number of thiazole rings is 1. The number of benzene rings is 2. The van der Waals surface area contributed by atoms with Gasteiger partial charge in [0.05, 0.1) is 23.4 Å². The molecule has 0 unspecified atom stereocenters. The van der Waals surface area contributed by atoms with Gasteiger partial charge in [-0.2, -0.15) is 0 Å². The van der Waals surface area contributed by atoms with E-state index in [1.807, 2.05) is 12.3 Å². The van der Waals surface area contributed by atoms with Crippen LogP contribution in [-0.2, 0) is 11.3 Å². The Hall–Kier alpha value is -3.06. The molecule has 2 aromatic carbocycles. The molecule has 0 saturated heterocycles. The number of aromatic nitrogens is 1. The summed E-state index contributed by atoms with van der Waals surface area (Å²) in [6.07, 6.45) is 0. The van der Waals surface area contributed by atoms with Gasteiger partial charge in [-0.1, -0.05) is 0 Å². The fraction of sp³-hybridized carbons (Fsp3) is 0.238. The number of ether oxygens (including phenoxy) is 4. The van der Waals surface area contributed by atoms with Crippen LogP contribution in [0, 0.1) is 6.92 Å². The van der Waals surface area contributed by atoms with E-state index in [1.165, 1.54) is 0 Å². The number of carbonyl (C=O) groups is 1. The van der Waals surface area contributed by atoms with Crippen LogP contribution in [0.25, 0.3) is 0 Å². The zero-order valence-corrected chi connectivity index (χ0v) is 16.5. The van der Waals surface area contributed by atoms with Crippen molar-refractivity contribution in [3.8, 4) is 17.2 Å². The lowest BCUT2D eigenvalue weighted by atomic mass is 10.2. The summed E-state index contributed by atoms with van der Waals surface area (Å²) in [7, 11) is 1.61. The Labute approximate surface area is 167 Å². The first-order valence-corrected chi connectivity index (χ1v) is 9.60. The number of rotatable bonds is 9. The first-order chi connectivity index (χ1) is 13.6. The largest absolute Gasteiger partial charge is 0.497 e. The number of esters is 1. The lowest BCUT2D eigenvalue weighted by molar-refractivity contribution is 0.0450. The fourth-order valence-corrected chi connectivity index (χ4v) is 2.97. The Kier molecular flexibility index (Phi) is 6.86. The summed E-state index contributed by atoms with van der Waals surface area (Å²) >= 11 is 1.59. The van der Waals surface area contributed by atoms with Gasteiger partial charge in [-0.15, -0.1) is 11.3 Å². The number of hydrogen-bond acceptors (Lipinski definition) is 7. The predicted octanol–water partition coefficient (Wildman–Crippen LogP) is 4.27. The molecule has 28 heavy (non-hydrogen) atoms. The van der Waals surface area contributed by atoms with E-state index in [2.05, 4.69) is 4.98 Å². The second-order valence-corrected chi connectivity index (χ2v) is 6.89. The van der Waals surface area contributed by atoms with Crippen LogP contribution in [-0.4, -0.2) is 31.3 Å². The van der Waals surface area contributed by atoms with Crippen molar-refractivity contribution >= 4 is 17.3 Å². The summed E-state index contributed by atoms with van der Waals surface area (Å²) in [5.41, 5.74) is 1.35. The van der Waals surface area contributed by atoms with Crippen molar-refractivity contribution in [3.63, 3.8) is 0 Å². The molecule has 0 N–H and O–H groups in total. The van der Waals surface area contributed by atoms with Crippen LogP contribution in [0.3, 0.4) is 0 Å². The van der Waals surface area contributed by atoms with Crippen LogP contribution >= 0.6 is 11.3 Å². The van der Waals surface area contributed by atoms with E-state index in [0.29, 0.717) is 23.7 Å². The molecule has 1 heterocycles. The Morgan fingerprint density at radius 3 is 2.21 bits per heavy atom. The van der Waals surface area contributed by atoms with Crippen molar-refractivity contribution in [2.75, 3.05) is 20.3 Å². The zero-order chi connectivity index (χ0) is 19.8. The summed E-state index contributed by atoms with van der Waals surface area (Å²) in [4.78, 5) is 16.4. The Morgan fingerprint density at radius 1 is 0.929 bits per heavy atom. The maximum Gasteiger partial charge on any atom is 0.338 e. The van der Waals surface area contributed by atoms with Gasteiger partial charge in [0.15, 0.2) is 0 Å². The van der Waals surface area contributed by atoms with Gasteiger partial charge in [0, 0.05) is 5.38 Å². The molecular formula is C21H21NO5S. The molecule has 0 amide bonds. The van der Waals surface area contributed by atoms with Crippen molar-refractivity contribution in [2.24, 2.45) is 0 Å². The summed E-state index contributed by atoms with van der Waals surface area (Å²) in [6, 6.07) is 14.0. The van der Waals surface area contributed by atoms with Gasteiger partial charge in [0.1, 0.15) is 37.1 Å². The zero-order valence-electron chi connectivity index (χ0n) is 15.7. The number of methoxy groups -OCH3 is 1. The molecule has 0 bridgehead atoms. The minimum Gasteiger partial charge on any atom is -0.497 e. The first kappa shape index (κ1) is 19.7. The van der Waals surface area contributed by atoms with E-state index in [-0.39, 0.29) is 13.2 Å². The lowest BCUT2D eigenvalue weighted by Crippen LogP contribution is -2.12. The molecule has 1 aromatic heterocycles. The molecule has 0 saturated carbocycles. The van der Waals surface area contributed by atoms with E-state index in [9.17, 15) is 4.79 Å². The minimum atomic E-state index is -0.403. The normalized spacial score (nSPS) is 10.4. The average Bonchev–Trinajstić information content (AvgIpc) is 3.15. The molecule has 0 spiro atoms. The van der Waals surface area contributed by atoms with E-state index in [0.717, 1.165) is 16.5 Å². The van der Waals surface area contributed by atoms with E-state index in [4.69, 9.17) is 18.9 Å². The number of nitrogens with zero attached hydrogens (tertiary/aromatic N) is 1. The number of hydrogen-bond donors (Lipinski definition) is 0. The maximum absolute atomic E-state index is 12.1. The molecule has 7 heteroatoms. The van der Waals surface area contributed by atoms with Gasteiger partial charge in [-0.05, 0) is 55.5 Å².